The molecular formula is C8H15NO2S. The summed E-state index contributed by atoms with van der Waals surface area (Å²) in [5, 5.41) is 0. The topological polar surface area (TPSA) is 37.4 Å². The molecule has 2 aliphatic rings. The zero-order valence-electron chi connectivity index (χ0n) is 7.36. The van der Waals surface area contributed by atoms with Gasteiger partial charge < -0.3 is 0 Å². The Morgan fingerprint density at radius 2 is 2.08 bits per heavy atom. The molecule has 2 rings (SSSR count). The van der Waals surface area contributed by atoms with Crippen molar-refractivity contribution in [1.82, 2.24) is 4.31 Å². The third-order valence-electron chi connectivity index (χ3n) is 2.56. The van der Waals surface area contributed by atoms with Crippen LogP contribution in [-0.2, 0) is 10.0 Å². The maximum Gasteiger partial charge on any atom is 0.214 e. The molecule has 1 saturated heterocycles. The minimum atomic E-state index is -2.86. The highest BCUT2D eigenvalue weighted by atomic mass is 32.2. The average molecular weight is 189 g/mol. The van der Waals surface area contributed by atoms with Crippen molar-refractivity contribution in [2.45, 2.75) is 19.8 Å². The second-order valence-corrected chi connectivity index (χ2v) is 6.16. The Bertz CT molecular complexity index is 269. The lowest BCUT2D eigenvalue weighted by molar-refractivity contribution is 0.399. The van der Waals surface area contributed by atoms with E-state index in [9.17, 15) is 8.42 Å². The van der Waals surface area contributed by atoms with Gasteiger partial charge in [-0.25, -0.2) is 12.7 Å². The van der Waals surface area contributed by atoms with Crippen molar-refractivity contribution in [2.24, 2.45) is 11.8 Å². The third kappa shape index (κ3) is 1.64. The van der Waals surface area contributed by atoms with Crippen molar-refractivity contribution in [3.05, 3.63) is 0 Å². The first-order valence-corrected chi connectivity index (χ1v) is 6.16. The predicted molar refractivity (Wildman–Crippen MR) is 47.2 cm³/mol. The number of sulfonamides is 1. The summed E-state index contributed by atoms with van der Waals surface area (Å²) in [7, 11) is -2.86. The fourth-order valence-electron chi connectivity index (χ4n) is 1.76. The van der Waals surface area contributed by atoms with Gasteiger partial charge in [0, 0.05) is 13.1 Å². The number of hydrogen-bond donors (Lipinski definition) is 0. The summed E-state index contributed by atoms with van der Waals surface area (Å²) in [4.78, 5) is 0. The van der Waals surface area contributed by atoms with Crippen LogP contribution in [0.25, 0.3) is 0 Å². The van der Waals surface area contributed by atoms with Crippen molar-refractivity contribution >= 4 is 10.0 Å². The molecule has 0 aromatic carbocycles. The van der Waals surface area contributed by atoms with E-state index in [4.69, 9.17) is 0 Å². The first kappa shape index (κ1) is 8.51. The van der Waals surface area contributed by atoms with Crippen molar-refractivity contribution in [3.8, 4) is 0 Å². The number of nitrogens with zero attached hydrogens (tertiary/aromatic N) is 1. The standard InChI is InChI=1S/C8H15NO2S/c1-7-4-9(5-8-2-3-8)12(10,11)6-7/h7-8H,2-6H2,1H3/t7-/m0/s1. The van der Waals surface area contributed by atoms with E-state index in [0.29, 0.717) is 17.6 Å². The first-order valence-electron chi connectivity index (χ1n) is 4.56. The van der Waals surface area contributed by atoms with Crippen molar-refractivity contribution in [2.75, 3.05) is 18.8 Å². The summed E-state index contributed by atoms with van der Waals surface area (Å²) in [6.45, 7) is 3.54. The summed E-state index contributed by atoms with van der Waals surface area (Å²) in [6, 6.07) is 0. The molecule has 1 saturated carbocycles. The van der Waals surface area contributed by atoms with E-state index in [1.807, 2.05) is 6.92 Å². The average Bonchev–Trinajstić information content (AvgIpc) is 2.63. The molecule has 0 aromatic rings. The van der Waals surface area contributed by atoms with Crippen LogP contribution in [-0.4, -0.2) is 31.6 Å². The summed E-state index contributed by atoms with van der Waals surface area (Å²) in [5.74, 6) is 1.36. The van der Waals surface area contributed by atoms with Crippen LogP contribution in [0.3, 0.4) is 0 Å². The molecule has 2 fully saturated rings. The Morgan fingerprint density at radius 3 is 2.50 bits per heavy atom. The molecule has 4 heteroatoms. The lowest BCUT2D eigenvalue weighted by Gasteiger charge is -2.12. The maximum atomic E-state index is 11.5. The molecule has 0 N–H and O–H groups in total. The van der Waals surface area contributed by atoms with Gasteiger partial charge in [0.1, 0.15) is 0 Å². The second-order valence-electron chi connectivity index (χ2n) is 4.14. The molecule has 0 unspecified atom stereocenters. The van der Waals surface area contributed by atoms with Gasteiger partial charge in [0.2, 0.25) is 10.0 Å². The molecule has 0 amide bonds. The van der Waals surface area contributed by atoms with Crippen LogP contribution in [0.15, 0.2) is 0 Å². The molecule has 0 aromatic heterocycles. The van der Waals surface area contributed by atoms with Crippen LogP contribution in [0, 0.1) is 11.8 Å². The molecule has 1 aliphatic carbocycles. The number of hydrogen-bond acceptors (Lipinski definition) is 2. The quantitative estimate of drug-likeness (QED) is 0.640. The van der Waals surface area contributed by atoms with Crippen LogP contribution in [0.1, 0.15) is 19.8 Å². The molecule has 1 aliphatic heterocycles. The van der Waals surface area contributed by atoms with E-state index >= 15 is 0 Å². The highest BCUT2D eigenvalue weighted by Gasteiger charge is 2.36. The summed E-state index contributed by atoms with van der Waals surface area (Å²) >= 11 is 0. The lowest BCUT2D eigenvalue weighted by atomic mass is 10.2. The fourth-order valence-corrected chi connectivity index (χ4v) is 3.71. The normalized spacial score (nSPS) is 35.6. The van der Waals surface area contributed by atoms with Gasteiger partial charge in [-0.15, -0.1) is 0 Å². The molecule has 70 valence electrons. The van der Waals surface area contributed by atoms with E-state index in [1.54, 1.807) is 4.31 Å². The highest BCUT2D eigenvalue weighted by molar-refractivity contribution is 7.89. The Hall–Kier alpha value is -0.0900. The fraction of sp³-hybridized carbons (Fsp3) is 1.00. The maximum absolute atomic E-state index is 11.5. The molecular weight excluding hydrogens is 174 g/mol. The zero-order chi connectivity index (χ0) is 8.77. The van der Waals surface area contributed by atoms with Crippen LogP contribution in [0.4, 0.5) is 0 Å². The highest BCUT2D eigenvalue weighted by Crippen LogP contribution is 2.32. The lowest BCUT2D eigenvalue weighted by Crippen LogP contribution is -2.27. The van der Waals surface area contributed by atoms with E-state index < -0.39 is 10.0 Å². The van der Waals surface area contributed by atoms with Gasteiger partial charge in [0.15, 0.2) is 0 Å². The molecule has 0 bridgehead atoms. The van der Waals surface area contributed by atoms with E-state index in [1.165, 1.54) is 12.8 Å². The van der Waals surface area contributed by atoms with Gasteiger partial charge in [-0.1, -0.05) is 6.92 Å². The Kier molecular flexibility index (Phi) is 1.92. The van der Waals surface area contributed by atoms with E-state index in [0.717, 1.165) is 13.1 Å². The minimum Gasteiger partial charge on any atom is -0.212 e. The summed E-state index contributed by atoms with van der Waals surface area (Å²) in [6.07, 6.45) is 2.45. The zero-order valence-corrected chi connectivity index (χ0v) is 8.18. The molecule has 1 heterocycles. The van der Waals surface area contributed by atoms with E-state index in [2.05, 4.69) is 0 Å². The summed E-state index contributed by atoms with van der Waals surface area (Å²) < 4.78 is 24.6. The predicted octanol–water partition coefficient (Wildman–Crippen LogP) is 0.678. The van der Waals surface area contributed by atoms with Crippen LogP contribution in [0.5, 0.6) is 0 Å². The van der Waals surface area contributed by atoms with Gasteiger partial charge >= 0.3 is 0 Å². The van der Waals surface area contributed by atoms with Gasteiger partial charge in [-0.05, 0) is 24.7 Å². The monoisotopic (exact) mass is 189 g/mol. The van der Waals surface area contributed by atoms with Crippen molar-refractivity contribution in [3.63, 3.8) is 0 Å². The Labute approximate surface area is 73.8 Å². The SMILES string of the molecule is C[C@H]1CN(CC2CC2)S(=O)(=O)C1. The van der Waals surface area contributed by atoms with Gasteiger partial charge in [0.25, 0.3) is 0 Å². The Morgan fingerprint density at radius 1 is 1.42 bits per heavy atom. The molecule has 0 radical (unpaired) electrons. The van der Waals surface area contributed by atoms with Gasteiger partial charge in [-0.2, -0.15) is 0 Å². The van der Waals surface area contributed by atoms with Crippen LogP contribution in [0.2, 0.25) is 0 Å². The van der Waals surface area contributed by atoms with Crippen LogP contribution < -0.4 is 0 Å². The largest absolute Gasteiger partial charge is 0.214 e. The summed E-state index contributed by atoms with van der Waals surface area (Å²) in [5.41, 5.74) is 0. The minimum absolute atomic E-state index is 0.328. The smallest absolute Gasteiger partial charge is 0.212 e. The third-order valence-corrected chi connectivity index (χ3v) is 4.64. The van der Waals surface area contributed by atoms with Gasteiger partial charge in [0.05, 0.1) is 5.75 Å². The van der Waals surface area contributed by atoms with Gasteiger partial charge in [-0.3, -0.25) is 0 Å². The van der Waals surface area contributed by atoms with Crippen molar-refractivity contribution in [1.29, 1.82) is 0 Å². The van der Waals surface area contributed by atoms with Crippen molar-refractivity contribution < 1.29 is 8.42 Å². The van der Waals surface area contributed by atoms with Crippen LogP contribution >= 0.6 is 0 Å². The Balaban J connectivity index is 2.03. The molecule has 12 heavy (non-hydrogen) atoms. The molecule has 1 atom stereocenters. The first-order chi connectivity index (χ1) is 5.58. The van der Waals surface area contributed by atoms with E-state index in [-0.39, 0.29) is 0 Å². The second kappa shape index (κ2) is 2.70. The molecule has 3 nitrogen and oxygen atoms in total. The molecule has 0 spiro atoms. The number of rotatable bonds is 2.